The van der Waals surface area contributed by atoms with Crippen LogP contribution >= 0.6 is 0 Å². The fourth-order valence-corrected chi connectivity index (χ4v) is 3.60. The van der Waals surface area contributed by atoms with Crippen LogP contribution in [0.15, 0.2) is 42.3 Å². The number of nitrogens with zero attached hydrogens (tertiary/aromatic N) is 2. The summed E-state index contributed by atoms with van der Waals surface area (Å²) in [7, 11) is 0. The van der Waals surface area contributed by atoms with E-state index in [1.54, 1.807) is 6.33 Å². The lowest BCUT2D eigenvalue weighted by Gasteiger charge is -2.16. The molecular weight excluding hydrogens is 270 g/mol. The van der Waals surface area contributed by atoms with E-state index in [-0.39, 0.29) is 0 Å². The van der Waals surface area contributed by atoms with Crippen LogP contribution in [0.5, 0.6) is 0 Å². The van der Waals surface area contributed by atoms with Crippen molar-refractivity contribution >= 4 is 5.82 Å². The number of fused-ring (bicyclic) bond motifs is 1. The van der Waals surface area contributed by atoms with Crippen molar-refractivity contribution in [2.24, 2.45) is 0 Å². The predicted octanol–water partition coefficient (Wildman–Crippen LogP) is 4.38. The summed E-state index contributed by atoms with van der Waals surface area (Å²) < 4.78 is 0. The molecule has 2 aliphatic rings. The summed E-state index contributed by atoms with van der Waals surface area (Å²) in [5.74, 6) is 1.06. The molecule has 3 rings (SSSR count). The molecule has 22 heavy (non-hydrogen) atoms. The average molecular weight is 295 g/mol. The van der Waals surface area contributed by atoms with E-state index in [1.807, 2.05) is 6.08 Å². The van der Waals surface area contributed by atoms with Crippen molar-refractivity contribution in [3.8, 4) is 0 Å². The number of aromatic nitrogens is 2. The van der Waals surface area contributed by atoms with Gasteiger partial charge in [0.2, 0.25) is 0 Å². The number of hydrogen-bond acceptors (Lipinski definition) is 3. The van der Waals surface area contributed by atoms with E-state index >= 15 is 0 Å². The SMILES string of the molecule is C=C/C=C1/CC(Nc2ncnc3c2CCCCC3)C/C1=C/C. The number of allylic oxidation sites excluding steroid dienone is 3. The first-order valence-electron chi connectivity index (χ1n) is 8.38. The second-order valence-corrected chi connectivity index (χ2v) is 6.20. The maximum atomic E-state index is 4.54. The predicted molar refractivity (Wildman–Crippen MR) is 92.0 cm³/mol. The quantitative estimate of drug-likeness (QED) is 0.841. The molecule has 1 aromatic heterocycles. The second kappa shape index (κ2) is 6.91. The summed E-state index contributed by atoms with van der Waals surface area (Å²) in [5, 5.41) is 3.68. The molecular formula is C19H25N3. The van der Waals surface area contributed by atoms with Crippen molar-refractivity contribution in [1.82, 2.24) is 9.97 Å². The Morgan fingerprint density at radius 3 is 2.77 bits per heavy atom. The van der Waals surface area contributed by atoms with E-state index < -0.39 is 0 Å². The summed E-state index contributed by atoms with van der Waals surface area (Å²) in [6, 6.07) is 0.430. The van der Waals surface area contributed by atoms with E-state index in [2.05, 4.69) is 40.9 Å². The Bertz CT molecular complexity index is 613. The van der Waals surface area contributed by atoms with Crippen LogP contribution in [0.25, 0.3) is 0 Å². The minimum Gasteiger partial charge on any atom is -0.366 e. The molecule has 1 fully saturated rings. The third-order valence-electron chi connectivity index (χ3n) is 4.73. The molecule has 0 aromatic carbocycles. The third-order valence-corrected chi connectivity index (χ3v) is 4.73. The van der Waals surface area contributed by atoms with Gasteiger partial charge in [0, 0.05) is 17.3 Å². The van der Waals surface area contributed by atoms with Crippen LogP contribution in [0.3, 0.4) is 0 Å². The first kappa shape index (κ1) is 15.0. The van der Waals surface area contributed by atoms with Gasteiger partial charge in [0.1, 0.15) is 12.1 Å². The topological polar surface area (TPSA) is 37.8 Å². The highest BCUT2D eigenvalue weighted by atomic mass is 15.0. The van der Waals surface area contributed by atoms with Crippen molar-refractivity contribution < 1.29 is 0 Å². The molecule has 1 unspecified atom stereocenters. The summed E-state index contributed by atoms with van der Waals surface area (Å²) >= 11 is 0. The maximum Gasteiger partial charge on any atom is 0.133 e. The third kappa shape index (κ3) is 3.13. The smallest absolute Gasteiger partial charge is 0.133 e. The summed E-state index contributed by atoms with van der Waals surface area (Å²) in [5.41, 5.74) is 5.43. The molecule has 1 saturated carbocycles. The van der Waals surface area contributed by atoms with Crippen molar-refractivity contribution in [2.45, 2.75) is 57.9 Å². The van der Waals surface area contributed by atoms with E-state index in [1.165, 1.54) is 41.7 Å². The zero-order valence-electron chi connectivity index (χ0n) is 13.4. The van der Waals surface area contributed by atoms with Gasteiger partial charge in [-0.3, -0.25) is 0 Å². The Kier molecular flexibility index (Phi) is 4.71. The minimum atomic E-state index is 0.430. The van der Waals surface area contributed by atoms with Crippen LogP contribution in [0.4, 0.5) is 5.82 Å². The normalized spacial score (nSPS) is 25.0. The summed E-state index contributed by atoms with van der Waals surface area (Å²) in [4.78, 5) is 9.04. The first-order chi connectivity index (χ1) is 10.8. The van der Waals surface area contributed by atoms with Gasteiger partial charge >= 0.3 is 0 Å². The fraction of sp³-hybridized carbons (Fsp3) is 0.474. The number of nitrogens with one attached hydrogen (secondary N) is 1. The second-order valence-electron chi connectivity index (χ2n) is 6.20. The highest BCUT2D eigenvalue weighted by Gasteiger charge is 2.25. The molecule has 0 bridgehead atoms. The van der Waals surface area contributed by atoms with Crippen LogP contribution in [-0.4, -0.2) is 16.0 Å². The Hall–Kier alpha value is -1.90. The summed E-state index contributed by atoms with van der Waals surface area (Å²) in [6.07, 6.45) is 16.1. The van der Waals surface area contributed by atoms with Crippen molar-refractivity contribution in [3.63, 3.8) is 0 Å². The van der Waals surface area contributed by atoms with Crippen LogP contribution in [0.2, 0.25) is 0 Å². The zero-order chi connectivity index (χ0) is 15.4. The van der Waals surface area contributed by atoms with Crippen molar-refractivity contribution in [3.05, 3.63) is 53.5 Å². The molecule has 0 radical (unpaired) electrons. The molecule has 3 heteroatoms. The van der Waals surface area contributed by atoms with E-state index in [0.29, 0.717) is 6.04 Å². The number of anilines is 1. The van der Waals surface area contributed by atoms with Gasteiger partial charge in [-0.15, -0.1) is 0 Å². The number of aryl methyl sites for hydroxylation is 1. The molecule has 0 spiro atoms. The molecule has 0 saturated heterocycles. The lowest BCUT2D eigenvalue weighted by atomic mass is 10.1. The lowest BCUT2D eigenvalue weighted by molar-refractivity contribution is 0.708. The molecule has 1 heterocycles. The highest BCUT2D eigenvalue weighted by Crippen LogP contribution is 2.33. The Morgan fingerprint density at radius 2 is 1.95 bits per heavy atom. The van der Waals surface area contributed by atoms with Gasteiger partial charge in [0.15, 0.2) is 0 Å². The highest BCUT2D eigenvalue weighted by molar-refractivity contribution is 5.50. The lowest BCUT2D eigenvalue weighted by Crippen LogP contribution is -2.18. The van der Waals surface area contributed by atoms with Crippen molar-refractivity contribution in [2.75, 3.05) is 5.32 Å². The van der Waals surface area contributed by atoms with Gasteiger partial charge < -0.3 is 5.32 Å². The molecule has 1 N–H and O–H groups in total. The molecule has 2 aliphatic carbocycles. The van der Waals surface area contributed by atoms with Crippen LogP contribution < -0.4 is 5.32 Å². The van der Waals surface area contributed by atoms with Crippen LogP contribution in [0, 0.1) is 0 Å². The largest absolute Gasteiger partial charge is 0.366 e. The molecule has 116 valence electrons. The number of rotatable bonds is 3. The standard InChI is InChI=1S/C19H25N3/c1-3-8-15-12-16(11-14(15)4-2)22-19-17-9-6-5-7-10-18(17)20-13-21-19/h3-4,8,13,16H,1,5-7,9-12H2,2H3,(H,20,21,22)/b14-4-,15-8-. The molecule has 1 atom stereocenters. The molecule has 0 aliphatic heterocycles. The van der Waals surface area contributed by atoms with Gasteiger partial charge in [-0.25, -0.2) is 9.97 Å². The van der Waals surface area contributed by atoms with Gasteiger partial charge in [-0.1, -0.05) is 31.2 Å². The zero-order valence-corrected chi connectivity index (χ0v) is 13.4. The maximum absolute atomic E-state index is 4.54. The van der Waals surface area contributed by atoms with Crippen LogP contribution in [-0.2, 0) is 12.8 Å². The minimum absolute atomic E-state index is 0.430. The average Bonchev–Trinajstić information content (AvgIpc) is 2.75. The Balaban J connectivity index is 1.80. The van der Waals surface area contributed by atoms with Crippen LogP contribution in [0.1, 0.15) is 50.3 Å². The van der Waals surface area contributed by atoms with Gasteiger partial charge in [0.25, 0.3) is 0 Å². The fourth-order valence-electron chi connectivity index (χ4n) is 3.60. The number of hydrogen-bond donors (Lipinski definition) is 1. The van der Waals surface area contributed by atoms with Gasteiger partial charge in [-0.05, 0) is 56.6 Å². The van der Waals surface area contributed by atoms with E-state index in [9.17, 15) is 0 Å². The van der Waals surface area contributed by atoms with Crippen molar-refractivity contribution in [1.29, 1.82) is 0 Å². The molecule has 1 aromatic rings. The van der Waals surface area contributed by atoms with E-state index in [0.717, 1.165) is 31.5 Å². The molecule has 3 nitrogen and oxygen atoms in total. The Labute approximate surface area is 133 Å². The van der Waals surface area contributed by atoms with E-state index in [4.69, 9.17) is 0 Å². The van der Waals surface area contributed by atoms with Gasteiger partial charge in [-0.2, -0.15) is 0 Å². The molecule has 0 amide bonds. The first-order valence-corrected chi connectivity index (χ1v) is 8.38. The monoisotopic (exact) mass is 295 g/mol. The van der Waals surface area contributed by atoms with Gasteiger partial charge in [0.05, 0.1) is 0 Å². The Morgan fingerprint density at radius 1 is 1.14 bits per heavy atom. The summed E-state index contributed by atoms with van der Waals surface area (Å²) in [6.45, 7) is 5.94.